The second kappa shape index (κ2) is 36.7. The summed E-state index contributed by atoms with van der Waals surface area (Å²) < 4.78 is 16.9. The number of urea groups is 1. The van der Waals surface area contributed by atoms with E-state index >= 15 is 0 Å². The van der Waals surface area contributed by atoms with Gasteiger partial charge in [-0.3, -0.25) is 24.7 Å². The Labute approximate surface area is 422 Å². The van der Waals surface area contributed by atoms with Gasteiger partial charge in [0.1, 0.15) is 18.8 Å². The Balaban J connectivity index is 1.58. The lowest BCUT2D eigenvalue weighted by Gasteiger charge is -2.46. The summed E-state index contributed by atoms with van der Waals surface area (Å²) in [4.78, 5) is 69.2. The molecule has 0 aromatic carbocycles. The Morgan fingerprint density at radius 2 is 1.36 bits per heavy atom. The number of alkyl carbamates (subject to hydrolysis) is 1. The van der Waals surface area contributed by atoms with Crippen molar-refractivity contribution in [2.75, 3.05) is 18.5 Å². The Hall–Kier alpha value is -4.20. The van der Waals surface area contributed by atoms with Gasteiger partial charge in [-0.25, -0.2) is 14.6 Å². The van der Waals surface area contributed by atoms with Crippen LogP contribution in [0.15, 0.2) is 35.2 Å². The van der Waals surface area contributed by atoms with Gasteiger partial charge >= 0.3 is 24.1 Å². The molecule has 1 saturated carbocycles. The number of aliphatic hydroxyl groups is 1. The number of hydrogen-bond donors (Lipinski definition) is 5. The summed E-state index contributed by atoms with van der Waals surface area (Å²) in [6.45, 7) is 14.8. The van der Waals surface area contributed by atoms with Gasteiger partial charge in [-0.2, -0.15) is 0 Å². The Kier molecular flexibility index (Phi) is 32.4. The van der Waals surface area contributed by atoms with Crippen LogP contribution in [-0.2, 0) is 23.8 Å². The number of amides is 3. The summed E-state index contributed by atoms with van der Waals surface area (Å²) in [6.07, 6.45) is 34.6. The molecule has 14 nitrogen and oxygen atoms in total. The van der Waals surface area contributed by atoms with Gasteiger partial charge in [0, 0.05) is 43.6 Å². The maximum atomic E-state index is 13.4. The van der Waals surface area contributed by atoms with Crippen molar-refractivity contribution < 1.29 is 38.5 Å². The minimum absolute atomic E-state index is 0.0711. The van der Waals surface area contributed by atoms with Crippen molar-refractivity contribution in [2.45, 2.75) is 259 Å². The molecule has 14 heteroatoms. The minimum Gasteiger partial charge on any atom is -0.462 e. The van der Waals surface area contributed by atoms with Crippen molar-refractivity contribution in [3.05, 3.63) is 46.4 Å². The highest BCUT2D eigenvalue weighted by Crippen LogP contribution is 2.46. The van der Waals surface area contributed by atoms with Gasteiger partial charge in [0.2, 0.25) is 5.95 Å². The number of esters is 2. The van der Waals surface area contributed by atoms with Gasteiger partial charge in [0.05, 0.1) is 6.10 Å². The molecule has 70 heavy (non-hydrogen) atoms. The first-order valence-electron chi connectivity index (χ1n) is 27.4. The fourth-order valence-corrected chi connectivity index (χ4v) is 9.72. The Morgan fingerprint density at radius 3 is 2.00 bits per heavy atom. The van der Waals surface area contributed by atoms with Crippen LogP contribution in [0.3, 0.4) is 0 Å². The summed E-state index contributed by atoms with van der Waals surface area (Å²) in [5.74, 6) is -0.406. The summed E-state index contributed by atoms with van der Waals surface area (Å²) in [6, 6.07) is 0.795. The minimum atomic E-state index is -0.467. The van der Waals surface area contributed by atoms with Crippen molar-refractivity contribution in [2.24, 2.45) is 10.8 Å². The van der Waals surface area contributed by atoms with Gasteiger partial charge < -0.3 is 30.0 Å². The lowest BCUT2D eigenvalue weighted by Crippen LogP contribution is -2.51. The lowest BCUT2D eigenvalue weighted by molar-refractivity contribution is -0.158. The number of nitrogens with one attached hydrogen (secondary N) is 4. The Morgan fingerprint density at radius 1 is 0.771 bits per heavy atom. The monoisotopic (exact) mass is 984 g/mol. The number of aromatic amines is 1. The third-order valence-corrected chi connectivity index (χ3v) is 13.0. The lowest BCUT2D eigenvalue weighted by atomic mass is 9.62. The van der Waals surface area contributed by atoms with Crippen LogP contribution >= 0.6 is 0 Å². The van der Waals surface area contributed by atoms with E-state index in [-0.39, 0.29) is 59.1 Å². The van der Waals surface area contributed by atoms with Crippen LogP contribution < -0.4 is 21.5 Å². The number of hydrogen-bond acceptors (Lipinski definition) is 10. The molecule has 5 N–H and O–H groups in total. The second-order valence-electron chi connectivity index (χ2n) is 21.3. The van der Waals surface area contributed by atoms with Crippen LogP contribution in [-0.4, -0.2) is 76.6 Å². The van der Waals surface area contributed by atoms with Gasteiger partial charge in [0.25, 0.3) is 5.56 Å². The summed E-state index contributed by atoms with van der Waals surface area (Å²) in [5, 5.41) is 18.8. The first kappa shape index (κ1) is 61.9. The highest BCUT2D eigenvalue weighted by molar-refractivity contribution is 5.87. The van der Waals surface area contributed by atoms with Gasteiger partial charge in [-0.1, -0.05) is 142 Å². The van der Waals surface area contributed by atoms with E-state index in [1.807, 2.05) is 0 Å². The van der Waals surface area contributed by atoms with Crippen molar-refractivity contribution in [3.63, 3.8) is 0 Å². The smallest absolute Gasteiger partial charge is 0.407 e. The van der Waals surface area contributed by atoms with E-state index in [9.17, 15) is 29.1 Å². The number of carbonyl (C=O) groups excluding carboxylic acids is 4. The quantitative estimate of drug-likeness (QED) is 0.0184. The van der Waals surface area contributed by atoms with Crippen LogP contribution in [0.2, 0.25) is 0 Å². The molecule has 0 bridgehead atoms. The van der Waals surface area contributed by atoms with Crippen LogP contribution in [0.1, 0.15) is 233 Å². The molecule has 1 aromatic heterocycles. The molecule has 3 amide bonds. The van der Waals surface area contributed by atoms with E-state index < -0.39 is 18.2 Å². The summed E-state index contributed by atoms with van der Waals surface area (Å²) >= 11 is 0. The molecule has 0 saturated heterocycles. The van der Waals surface area contributed by atoms with Crippen molar-refractivity contribution in [1.29, 1.82) is 0 Å². The van der Waals surface area contributed by atoms with Crippen LogP contribution in [0.5, 0.6) is 0 Å². The highest BCUT2D eigenvalue weighted by atomic mass is 16.6. The Bertz CT molecular complexity index is 1730. The van der Waals surface area contributed by atoms with Crippen LogP contribution in [0.25, 0.3) is 0 Å². The number of carbonyl (C=O) groups is 4. The SMILES string of the molecule is CCCCCCC(O)C/C=C/CCCCCCCC(=O)OCC(C)OC(=O)CCCCCCC/C=C/CC(CCCCCC)OC(=O)NC1CC(C)(C)CC(C)(CNC(=O)Nc2nc(C)cc(=O)[nH]2)C1. The number of H-pyrrole nitrogens is 1. The number of anilines is 1. The van der Waals surface area contributed by atoms with Crippen molar-refractivity contribution in [1.82, 2.24) is 20.6 Å². The van der Waals surface area contributed by atoms with Crippen molar-refractivity contribution in [3.8, 4) is 0 Å². The second-order valence-corrected chi connectivity index (χ2v) is 21.3. The van der Waals surface area contributed by atoms with E-state index in [1.54, 1.807) is 13.8 Å². The van der Waals surface area contributed by atoms with E-state index in [2.05, 4.69) is 84.8 Å². The molecule has 400 valence electrons. The maximum absolute atomic E-state index is 13.4. The molecule has 2 rings (SSSR count). The standard InChI is InChI=1S/C56H97N5O9/c1-8-10-12-26-32-47(62)33-27-22-18-14-16-20-24-30-36-50(64)68-41-45(4)69-51(65)37-31-25-21-17-15-19-23-29-35-48(34-28-13-11-9-2)70-54(67)59-46-39-55(5,6)42-56(7,40-46)43-57-53(66)61-52-58-44(3)38-49(63)60-52/h22-23,27,29,38,45-48,62H,8-21,24-26,28,30-37,39-43H2,1-7H3,(H,59,67)(H3,57,58,60,61,63,66)/b27-22+,29-23+. The number of aliphatic hydroxyl groups excluding tert-OH is 1. The van der Waals surface area contributed by atoms with Gasteiger partial charge in [0.15, 0.2) is 0 Å². The largest absolute Gasteiger partial charge is 0.462 e. The molecule has 1 fully saturated rings. The summed E-state index contributed by atoms with van der Waals surface area (Å²) in [5.41, 5.74) is -0.182. The van der Waals surface area contributed by atoms with E-state index in [1.165, 1.54) is 25.3 Å². The third kappa shape index (κ3) is 31.9. The van der Waals surface area contributed by atoms with Crippen molar-refractivity contribution >= 4 is 30.0 Å². The predicted octanol–water partition coefficient (Wildman–Crippen LogP) is 13.0. The molecule has 0 radical (unpaired) electrons. The number of rotatable bonds is 38. The molecular weight excluding hydrogens is 887 g/mol. The highest BCUT2D eigenvalue weighted by Gasteiger charge is 2.42. The number of aryl methyl sites for hydroxylation is 1. The fourth-order valence-electron chi connectivity index (χ4n) is 9.72. The molecular formula is C56H97N5O9. The predicted molar refractivity (Wildman–Crippen MR) is 282 cm³/mol. The molecule has 1 aliphatic rings. The zero-order valence-corrected chi connectivity index (χ0v) is 44.8. The van der Waals surface area contributed by atoms with Crippen LogP contribution in [0, 0.1) is 17.8 Å². The third-order valence-electron chi connectivity index (χ3n) is 13.0. The zero-order chi connectivity index (χ0) is 51.5. The maximum Gasteiger partial charge on any atom is 0.407 e. The first-order valence-corrected chi connectivity index (χ1v) is 27.4. The van der Waals surface area contributed by atoms with E-state index in [4.69, 9.17) is 14.2 Å². The number of unbranched alkanes of at least 4 members (excludes halogenated alkanes) is 16. The van der Waals surface area contributed by atoms with Gasteiger partial charge in [-0.15, -0.1) is 0 Å². The normalized spacial score (nSPS) is 18.0. The number of allylic oxidation sites excluding steroid dienone is 2. The molecule has 1 aliphatic carbocycles. The average Bonchev–Trinajstić information content (AvgIpc) is 3.28. The summed E-state index contributed by atoms with van der Waals surface area (Å²) in [7, 11) is 0. The first-order chi connectivity index (χ1) is 33.5. The topological polar surface area (TPSA) is 198 Å². The van der Waals surface area contributed by atoms with Crippen LogP contribution in [0.4, 0.5) is 15.5 Å². The molecule has 0 aliphatic heterocycles. The van der Waals surface area contributed by atoms with Gasteiger partial charge in [-0.05, 0) is 108 Å². The average molecular weight is 984 g/mol. The molecule has 1 heterocycles. The number of ether oxygens (including phenoxy) is 3. The van der Waals surface area contributed by atoms with E-state index in [0.29, 0.717) is 37.9 Å². The molecule has 1 aromatic rings. The molecule has 5 atom stereocenters. The zero-order valence-electron chi connectivity index (χ0n) is 44.8. The van der Waals surface area contributed by atoms with E-state index in [0.717, 1.165) is 141 Å². The number of aromatic nitrogens is 2. The number of nitrogens with zero attached hydrogens (tertiary/aromatic N) is 1. The molecule has 5 unspecified atom stereocenters. The molecule has 0 spiro atoms. The fraction of sp³-hybridized carbons (Fsp3) is 0.786.